The molecule has 0 bridgehead atoms. The second-order valence-electron chi connectivity index (χ2n) is 7.48. The van der Waals surface area contributed by atoms with E-state index >= 15 is 0 Å². The molecule has 0 saturated carbocycles. The Morgan fingerprint density at radius 2 is 1.81 bits per heavy atom. The van der Waals surface area contributed by atoms with Gasteiger partial charge in [0.25, 0.3) is 0 Å². The van der Waals surface area contributed by atoms with Gasteiger partial charge in [-0.1, -0.05) is 30.3 Å². The lowest BCUT2D eigenvalue weighted by atomic mass is 10.1. The van der Waals surface area contributed by atoms with Gasteiger partial charge in [-0.2, -0.15) is 0 Å². The summed E-state index contributed by atoms with van der Waals surface area (Å²) in [5.41, 5.74) is 1.07. The van der Waals surface area contributed by atoms with E-state index in [1.807, 2.05) is 33.8 Å². The normalized spacial score (nSPS) is 11.9. The van der Waals surface area contributed by atoms with Crippen molar-refractivity contribution in [3.63, 3.8) is 0 Å². The van der Waals surface area contributed by atoms with Crippen LogP contribution in [0.5, 0.6) is 0 Å². The molecule has 1 amide bonds. The lowest BCUT2D eigenvalue weighted by Crippen LogP contribution is -2.43. The van der Waals surface area contributed by atoms with E-state index < -0.39 is 0 Å². The number of nitrogens with zero attached hydrogens (tertiary/aromatic N) is 1. The zero-order valence-corrected chi connectivity index (χ0v) is 17.3. The zero-order chi connectivity index (χ0) is 20.0. The van der Waals surface area contributed by atoms with Crippen LogP contribution < -0.4 is 16.0 Å². The summed E-state index contributed by atoms with van der Waals surface area (Å²) in [4.78, 5) is 16.2. The number of hydrogen-bond donors (Lipinski definition) is 3. The summed E-state index contributed by atoms with van der Waals surface area (Å²) in [5.74, 6) is 0.595. The molecule has 0 aliphatic heterocycles. The fourth-order valence-electron chi connectivity index (χ4n) is 2.42. The first kappa shape index (κ1) is 23.0. The van der Waals surface area contributed by atoms with E-state index in [2.05, 4.69) is 45.2 Å². The second-order valence-corrected chi connectivity index (χ2v) is 7.48. The first-order valence-electron chi connectivity index (χ1n) is 9.85. The predicted octanol–water partition coefficient (Wildman–Crippen LogP) is 2.50. The smallest absolute Gasteiger partial charge is 0.242 e. The van der Waals surface area contributed by atoms with Gasteiger partial charge in [0.05, 0.1) is 6.61 Å². The summed E-state index contributed by atoms with van der Waals surface area (Å²) < 4.78 is 5.69. The fourth-order valence-corrected chi connectivity index (χ4v) is 2.42. The Labute approximate surface area is 164 Å². The molecule has 0 heterocycles. The quantitative estimate of drug-likeness (QED) is 0.315. The van der Waals surface area contributed by atoms with E-state index in [9.17, 15) is 4.79 Å². The summed E-state index contributed by atoms with van der Waals surface area (Å²) >= 11 is 0. The summed E-state index contributed by atoms with van der Waals surface area (Å²) in [6.07, 6.45) is 2.93. The molecule has 0 spiro atoms. The SMILES string of the molecule is CCNC(=NCC(=O)NC(C)(C)C)NCCCCOCCc1ccccc1. The number of benzene rings is 1. The lowest BCUT2D eigenvalue weighted by molar-refractivity contribution is -0.121. The molecular formula is C21H36N4O2. The van der Waals surface area contributed by atoms with Crippen molar-refractivity contribution in [2.45, 2.75) is 52.5 Å². The molecule has 0 unspecified atom stereocenters. The highest BCUT2D eigenvalue weighted by molar-refractivity contribution is 5.85. The van der Waals surface area contributed by atoms with E-state index in [-0.39, 0.29) is 18.0 Å². The van der Waals surface area contributed by atoms with Crippen LogP contribution in [0.4, 0.5) is 0 Å². The summed E-state index contributed by atoms with van der Waals surface area (Å²) in [6.45, 7) is 11.1. The van der Waals surface area contributed by atoms with Crippen LogP contribution in [-0.2, 0) is 16.0 Å². The number of hydrogen-bond acceptors (Lipinski definition) is 3. The van der Waals surface area contributed by atoms with Crippen LogP contribution in [-0.4, -0.2) is 50.3 Å². The van der Waals surface area contributed by atoms with E-state index in [1.54, 1.807) is 0 Å². The van der Waals surface area contributed by atoms with Crippen molar-refractivity contribution in [2.24, 2.45) is 4.99 Å². The highest BCUT2D eigenvalue weighted by atomic mass is 16.5. The topological polar surface area (TPSA) is 74.8 Å². The van der Waals surface area contributed by atoms with Crippen molar-refractivity contribution in [1.82, 2.24) is 16.0 Å². The molecule has 0 fully saturated rings. The third-order valence-corrected chi connectivity index (χ3v) is 3.63. The molecule has 1 aromatic rings. The first-order chi connectivity index (χ1) is 12.9. The Morgan fingerprint density at radius 1 is 1.07 bits per heavy atom. The summed E-state index contributed by atoms with van der Waals surface area (Å²) in [6, 6.07) is 10.4. The monoisotopic (exact) mass is 376 g/mol. The number of carbonyl (C=O) groups is 1. The van der Waals surface area contributed by atoms with Gasteiger partial charge in [0.1, 0.15) is 6.54 Å². The minimum Gasteiger partial charge on any atom is -0.381 e. The Morgan fingerprint density at radius 3 is 2.48 bits per heavy atom. The molecule has 1 rings (SSSR count). The highest BCUT2D eigenvalue weighted by Gasteiger charge is 2.13. The van der Waals surface area contributed by atoms with Gasteiger partial charge in [0, 0.05) is 25.2 Å². The van der Waals surface area contributed by atoms with Crippen LogP contribution in [0.15, 0.2) is 35.3 Å². The van der Waals surface area contributed by atoms with E-state index in [1.165, 1.54) is 5.56 Å². The molecule has 0 atom stereocenters. The summed E-state index contributed by atoms with van der Waals surface area (Å²) in [7, 11) is 0. The van der Waals surface area contributed by atoms with Crippen molar-refractivity contribution in [3.8, 4) is 0 Å². The Kier molecular flexibility index (Phi) is 11.2. The number of carbonyl (C=O) groups excluding carboxylic acids is 1. The van der Waals surface area contributed by atoms with Crippen molar-refractivity contribution >= 4 is 11.9 Å². The van der Waals surface area contributed by atoms with Crippen LogP contribution in [0.1, 0.15) is 46.1 Å². The number of ether oxygens (including phenoxy) is 1. The molecule has 0 saturated heterocycles. The van der Waals surface area contributed by atoms with Gasteiger partial charge >= 0.3 is 0 Å². The van der Waals surface area contributed by atoms with Crippen LogP contribution in [0.2, 0.25) is 0 Å². The predicted molar refractivity (Wildman–Crippen MR) is 112 cm³/mol. The van der Waals surface area contributed by atoms with E-state index in [4.69, 9.17) is 4.74 Å². The Bertz CT molecular complexity index is 553. The van der Waals surface area contributed by atoms with Crippen LogP contribution >= 0.6 is 0 Å². The number of rotatable bonds is 11. The van der Waals surface area contributed by atoms with Gasteiger partial charge in [-0.05, 0) is 52.5 Å². The third-order valence-electron chi connectivity index (χ3n) is 3.63. The van der Waals surface area contributed by atoms with Gasteiger partial charge in [-0.15, -0.1) is 0 Å². The molecule has 0 aliphatic carbocycles. The second kappa shape index (κ2) is 13.1. The van der Waals surface area contributed by atoms with E-state index in [0.717, 1.165) is 45.6 Å². The Hall–Kier alpha value is -2.08. The van der Waals surface area contributed by atoms with Gasteiger partial charge in [0.15, 0.2) is 5.96 Å². The van der Waals surface area contributed by atoms with Crippen LogP contribution in [0, 0.1) is 0 Å². The molecule has 0 aliphatic rings. The van der Waals surface area contributed by atoms with Gasteiger partial charge < -0.3 is 20.7 Å². The van der Waals surface area contributed by atoms with Crippen LogP contribution in [0.25, 0.3) is 0 Å². The fraction of sp³-hybridized carbons (Fsp3) is 0.619. The number of guanidine groups is 1. The standard InChI is InChI=1S/C21H36N4O2/c1-5-22-20(24-17-19(26)25-21(2,3)4)23-14-9-10-15-27-16-13-18-11-7-6-8-12-18/h6-8,11-12H,5,9-10,13-17H2,1-4H3,(H,25,26)(H2,22,23,24). The maximum absolute atomic E-state index is 11.9. The Balaban J connectivity index is 2.13. The van der Waals surface area contributed by atoms with Gasteiger partial charge in [-0.25, -0.2) is 4.99 Å². The van der Waals surface area contributed by atoms with Gasteiger partial charge in [-0.3, -0.25) is 4.79 Å². The largest absolute Gasteiger partial charge is 0.381 e. The molecule has 27 heavy (non-hydrogen) atoms. The molecule has 152 valence electrons. The van der Waals surface area contributed by atoms with Crippen molar-refractivity contribution in [2.75, 3.05) is 32.8 Å². The minimum absolute atomic E-state index is 0.0773. The molecule has 3 N–H and O–H groups in total. The first-order valence-corrected chi connectivity index (χ1v) is 9.85. The zero-order valence-electron chi connectivity index (χ0n) is 17.3. The molecule has 0 aromatic heterocycles. The molecule has 0 radical (unpaired) electrons. The maximum Gasteiger partial charge on any atom is 0.242 e. The van der Waals surface area contributed by atoms with E-state index in [0.29, 0.717) is 5.96 Å². The average Bonchev–Trinajstić information content (AvgIpc) is 2.61. The number of aliphatic imine (C=N–C) groups is 1. The average molecular weight is 377 g/mol. The highest BCUT2D eigenvalue weighted by Crippen LogP contribution is 2.00. The van der Waals surface area contributed by atoms with Crippen molar-refractivity contribution < 1.29 is 9.53 Å². The van der Waals surface area contributed by atoms with Crippen LogP contribution in [0.3, 0.4) is 0 Å². The van der Waals surface area contributed by atoms with Crippen molar-refractivity contribution in [3.05, 3.63) is 35.9 Å². The number of amides is 1. The minimum atomic E-state index is -0.237. The summed E-state index contributed by atoms with van der Waals surface area (Å²) in [5, 5.41) is 9.32. The molecule has 1 aromatic carbocycles. The van der Waals surface area contributed by atoms with Gasteiger partial charge in [0.2, 0.25) is 5.91 Å². The molecule has 6 heteroatoms. The lowest BCUT2D eigenvalue weighted by Gasteiger charge is -2.20. The van der Waals surface area contributed by atoms with Crippen molar-refractivity contribution in [1.29, 1.82) is 0 Å². The number of nitrogens with one attached hydrogen (secondary N) is 3. The molecule has 6 nitrogen and oxygen atoms in total. The maximum atomic E-state index is 11.9. The third kappa shape index (κ3) is 12.8. The molecular weight excluding hydrogens is 340 g/mol. The number of unbranched alkanes of at least 4 members (excludes halogenated alkanes) is 1.